The maximum Gasteiger partial charge on any atom is 0.251 e. The summed E-state index contributed by atoms with van der Waals surface area (Å²) in [5, 5.41) is 3.59. The van der Waals surface area contributed by atoms with Gasteiger partial charge in [0.2, 0.25) is 0 Å². The van der Waals surface area contributed by atoms with Crippen LogP contribution in [0.25, 0.3) is 0 Å². The molecule has 0 saturated heterocycles. The lowest BCUT2D eigenvalue weighted by Gasteiger charge is -2.11. The van der Waals surface area contributed by atoms with Gasteiger partial charge in [0, 0.05) is 5.56 Å². The summed E-state index contributed by atoms with van der Waals surface area (Å²) in [7, 11) is 0. The summed E-state index contributed by atoms with van der Waals surface area (Å²) in [6, 6.07) is 8.13. The highest BCUT2D eigenvalue weighted by atomic mass is 35.5. The Morgan fingerprint density at radius 1 is 1.28 bits per heavy atom. The van der Waals surface area contributed by atoms with Crippen molar-refractivity contribution in [3.63, 3.8) is 0 Å². The van der Waals surface area contributed by atoms with Crippen molar-refractivity contribution in [3.8, 4) is 0 Å². The lowest BCUT2D eigenvalue weighted by atomic mass is 10.2. The van der Waals surface area contributed by atoms with Gasteiger partial charge in [-0.2, -0.15) is 0 Å². The van der Waals surface area contributed by atoms with Crippen LogP contribution in [0.5, 0.6) is 0 Å². The first kappa shape index (κ1) is 13.0. The number of carbonyl (C=O) groups is 1. The Morgan fingerprint density at radius 3 is 2.67 bits per heavy atom. The molecule has 18 heavy (non-hydrogen) atoms. The van der Waals surface area contributed by atoms with Gasteiger partial charge in [-0.05, 0) is 37.3 Å². The van der Waals surface area contributed by atoms with E-state index in [0.29, 0.717) is 21.4 Å². The summed E-state index contributed by atoms with van der Waals surface area (Å²) >= 11 is 11.7. The molecule has 0 aliphatic rings. The molecule has 1 atom stereocenters. The molecule has 1 N–H and O–H groups in total. The molecule has 94 valence electrons. The zero-order chi connectivity index (χ0) is 13.1. The molecule has 2 aromatic rings. The molecule has 5 heteroatoms. The highest BCUT2D eigenvalue weighted by Gasteiger charge is 2.14. The Balaban J connectivity index is 2.10. The molecule has 0 aliphatic heterocycles. The first-order valence-electron chi connectivity index (χ1n) is 5.37. The third-order valence-electron chi connectivity index (χ3n) is 2.50. The van der Waals surface area contributed by atoms with Crippen molar-refractivity contribution in [2.75, 3.05) is 0 Å². The van der Waals surface area contributed by atoms with Crippen molar-refractivity contribution < 1.29 is 9.21 Å². The fourth-order valence-electron chi connectivity index (χ4n) is 1.53. The molecule has 0 aliphatic carbocycles. The maximum absolute atomic E-state index is 12.0. The maximum atomic E-state index is 12.0. The lowest BCUT2D eigenvalue weighted by Crippen LogP contribution is -2.26. The van der Waals surface area contributed by atoms with Gasteiger partial charge in [-0.3, -0.25) is 4.79 Å². The van der Waals surface area contributed by atoms with Gasteiger partial charge >= 0.3 is 0 Å². The number of rotatable bonds is 3. The minimum Gasteiger partial charge on any atom is -0.467 e. The molecule has 0 spiro atoms. The summed E-state index contributed by atoms with van der Waals surface area (Å²) < 4.78 is 5.21. The predicted molar refractivity (Wildman–Crippen MR) is 71.1 cm³/mol. The smallest absolute Gasteiger partial charge is 0.251 e. The van der Waals surface area contributed by atoms with E-state index in [2.05, 4.69) is 5.32 Å². The molecule has 0 bridgehead atoms. The van der Waals surface area contributed by atoms with E-state index in [1.807, 2.05) is 6.92 Å². The van der Waals surface area contributed by atoms with E-state index in [4.69, 9.17) is 27.6 Å². The van der Waals surface area contributed by atoms with Gasteiger partial charge in [0.15, 0.2) is 0 Å². The Hall–Kier alpha value is -1.45. The Bertz CT molecular complexity index is 552. The molecular formula is C13H11Cl2NO2. The Labute approximate surface area is 115 Å². The molecule has 1 aromatic heterocycles. The van der Waals surface area contributed by atoms with Crippen LogP contribution in [0.3, 0.4) is 0 Å². The van der Waals surface area contributed by atoms with Gasteiger partial charge in [0.25, 0.3) is 5.91 Å². The van der Waals surface area contributed by atoms with E-state index < -0.39 is 0 Å². The van der Waals surface area contributed by atoms with Gasteiger partial charge in [0.05, 0.1) is 22.4 Å². The molecule has 0 fully saturated rings. The van der Waals surface area contributed by atoms with Gasteiger partial charge < -0.3 is 9.73 Å². The van der Waals surface area contributed by atoms with Crippen molar-refractivity contribution in [2.45, 2.75) is 13.0 Å². The molecular weight excluding hydrogens is 273 g/mol. The Morgan fingerprint density at radius 2 is 2.06 bits per heavy atom. The number of hydrogen-bond donors (Lipinski definition) is 1. The highest BCUT2D eigenvalue weighted by Crippen LogP contribution is 2.23. The number of amides is 1. The molecule has 1 aromatic carbocycles. The number of carbonyl (C=O) groups excluding carboxylic acids is 1. The fourth-order valence-corrected chi connectivity index (χ4v) is 1.82. The molecule has 2 rings (SSSR count). The average Bonchev–Trinajstić information content (AvgIpc) is 2.86. The molecule has 0 unspecified atom stereocenters. The summed E-state index contributed by atoms with van der Waals surface area (Å²) in [6.07, 6.45) is 1.57. The highest BCUT2D eigenvalue weighted by molar-refractivity contribution is 6.42. The second kappa shape index (κ2) is 5.46. The summed E-state index contributed by atoms with van der Waals surface area (Å²) in [4.78, 5) is 12.0. The number of benzene rings is 1. The van der Waals surface area contributed by atoms with Crippen LogP contribution in [-0.2, 0) is 0 Å². The minimum absolute atomic E-state index is 0.207. The van der Waals surface area contributed by atoms with E-state index in [9.17, 15) is 4.79 Å². The quantitative estimate of drug-likeness (QED) is 0.922. The predicted octanol–water partition coefficient (Wildman–Crippen LogP) is 4.08. The van der Waals surface area contributed by atoms with Crippen LogP contribution in [0.4, 0.5) is 0 Å². The van der Waals surface area contributed by atoms with Crippen LogP contribution in [-0.4, -0.2) is 5.91 Å². The standard InChI is InChI=1S/C13H11Cl2NO2/c1-8(12-3-2-6-18-12)16-13(17)9-4-5-10(14)11(15)7-9/h2-8H,1H3,(H,16,17)/t8-/m1/s1. The van der Waals surface area contributed by atoms with Gasteiger partial charge in [-0.1, -0.05) is 23.2 Å². The van der Waals surface area contributed by atoms with Crippen LogP contribution in [0, 0.1) is 0 Å². The van der Waals surface area contributed by atoms with Crippen molar-refractivity contribution in [1.82, 2.24) is 5.32 Å². The lowest BCUT2D eigenvalue weighted by molar-refractivity contribution is 0.0935. The average molecular weight is 284 g/mol. The molecule has 0 radical (unpaired) electrons. The van der Waals surface area contributed by atoms with Gasteiger partial charge in [-0.15, -0.1) is 0 Å². The molecule has 1 amide bonds. The summed E-state index contributed by atoms with van der Waals surface area (Å²) in [6.45, 7) is 1.84. The third-order valence-corrected chi connectivity index (χ3v) is 3.24. The van der Waals surface area contributed by atoms with Crippen LogP contribution >= 0.6 is 23.2 Å². The minimum atomic E-state index is -0.225. The largest absolute Gasteiger partial charge is 0.467 e. The van der Waals surface area contributed by atoms with Crippen molar-refractivity contribution in [2.24, 2.45) is 0 Å². The molecule has 0 saturated carbocycles. The number of halogens is 2. The van der Waals surface area contributed by atoms with Crippen LogP contribution < -0.4 is 5.32 Å². The fraction of sp³-hybridized carbons (Fsp3) is 0.154. The summed E-state index contributed by atoms with van der Waals surface area (Å²) in [5.74, 6) is 0.473. The van der Waals surface area contributed by atoms with E-state index in [1.54, 1.807) is 30.5 Å². The number of nitrogens with one attached hydrogen (secondary N) is 1. The zero-order valence-corrected chi connectivity index (χ0v) is 11.1. The van der Waals surface area contributed by atoms with Gasteiger partial charge in [0.1, 0.15) is 5.76 Å². The third kappa shape index (κ3) is 2.86. The van der Waals surface area contributed by atoms with Crippen LogP contribution in [0.2, 0.25) is 10.0 Å². The summed E-state index contributed by atoms with van der Waals surface area (Å²) in [5.41, 5.74) is 0.461. The van der Waals surface area contributed by atoms with Crippen molar-refractivity contribution in [1.29, 1.82) is 0 Å². The number of hydrogen-bond acceptors (Lipinski definition) is 2. The van der Waals surface area contributed by atoms with Crippen molar-refractivity contribution in [3.05, 3.63) is 58.0 Å². The van der Waals surface area contributed by atoms with Crippen molar-refractivity contribution >= 4 is 29.1 Å². The van der Waals surface area contributed by atoms with E-state index in [1.165, 1.54) is 6.07 Å². The van der Waals surface area contributed by atoms with E-state index >= 15 is 0 Å². The van der Waals surface area contributed by atoms with Gasteiger partial charge in [-0.25, -0.2) is 0 Å². The topological polar surface area (TPSA) is 42.2 Å². The van der Waals surface area contributed by atoms with E-state index in [0.717, 1.165) is 0 Å². The normalized spacial score (nSPS) is 12.2. The van der Waals surface area contributed by atoms with Crippen LogP contribution in [0.15, 0.2) is 41.0 Å². The first-order valence-corrected chi connectivity index (χ1v) is 6.13. The molecule has 3 nitrogen and oxygen atoms in total. The van der Waals surface area contributed by atoms with E-state index in [-0.39, 0.29) is 11.9 Å². The monoisotopic (exact) mass is 283 g/mol. The van der Waals surface area contributed by atoms with Crippen LogP contribution in [0.1, 0.15) is 29.1 Å². The number of furan rings is 1. The SMILES string of the molecule is C[C@@H](NC(=O)c1ccc(Cl)c(Cl)c1)c1ccco1. The molecule has 1 heterocycles. The first-order chi connectivity index (χ1) is 8.58. The second-order valence-corrected chi connectivity index (χ2v) is 4.65. The zero-order valence-electron chi connectivity index (χ0n) is 9.61. The second-order valence-electron chi connectivity index (χ2n) is 3.84. The Kier molecular flexibility index (Phi) is 3.94.